The van der Waals surface area contributed by atoms with Gasteiger partial charge >= 0.3 is 5.97 Å². The largest absolute Gasteiger partial charge is 0.478 e. The van der Waals surface area contributed by atoms with Crippen LogP contribution in [0.4, 0.5) is 8.78 Å². The van der Waals surface area contributed by atoms with E-state index in [0.717, 1.165) is 28.6 Å². The maximum Gasteiger partial charge on any atom is 0.335 e. The summed E-state index contributed by atoms with van der Waals surface area (Å²) in [6, 6.07) is 7.42. The highest BCUT2D eigenvalue weighted by molar-refractivity contribution is 5.93. The van der Waals surface area contributed by atoms with Gasteiger partial charge < -0.3 is 24.9 Å². The van der Waals surface area contributed by atoms with Gasteiger partial charge in [0, 0.05) is 31.0 Å². The third kappa shape index (κ3) is 5.10. The second-order valence-corrected chi connectivity index (χ2v) is 7.40. The third-order valence-electron chi connectivity index (χ3n) is 5.11. The molecule has 0 spiro atoms. The molecule has 31 heavy (non-hydrogen) atoms. The Morgan fingerprint density at radius 2 is 1.90 bits per heavy atom. The van der Waals surface area contributed by atoms with E-state index in [0.29, 0.717) is 31.7 Å². The van der Waals surface area contributed by atoms with Gasteiger partial charge in [-0.05, 0) is 43.3 Å². The lowest BCUT2D eigenvalue weighted by Gasteiger charge is -2.18. The fraction of sp³-hybridized carbons (Fsp3) is 0.348. The Morgan fingerprint density at radius 3 is 2.52 bits per heavy atom. The van der Waals surface area contributed by atoms with E-state index in [4.69, 9.17) is 14.6 Å². The number of H-pyrrole nitrogens is 1. The Morgan fingerprint density at radius 1 is 1.19 bits per heavy atom. The number of nitrogens with one attached hydrogen (secondary N) is 2. The zero-order valence-electron chi connectivity index (χ0n) is 17.7. The van der Waals surface area contributed by atoms with Crippen LogP contribution in [0.3, 0.4) is 0 Å². The zero-order chi connectivity index (χ0) is 22.5. The van der Waals surface area contributed by atoms with Crippen LogP contribution < -0.4 is 5.32 Å². The molecule has 0 fully saturated rings. The van der Waals surface area contributed by atoms with Gasteiger partial charge in [-0.25, -0.2) is 13.6 Å². The summed E-state index contributed by atoms with van der Waals surface area (Å²) in [4.78, 5) is 14.3. The summed E-state index contributed by atoms with van der Waals surface area (Å²) < 4.78 is 40.7. The van der Waals surface area contributed by atoms with Crippen LogP contribution in [-0.4, -0.2) is 56.1 Å². The van der Waals surface area contributed by atoms with Gasteiger partial charge in [-0.15, -0.1) is 0 Å². The highest BCUT2D eigenvalue weighted by Gasteiger charge is 2.24. The minimum absolute atomic E-state index is 0.261. The number of hydrogen-bond donors (Lipinski definition) is 3. The second-order valence-electron chi connectivity index (χ2n) is 7.40. The van der Waals surface area contributed by atoms with Crippen molar-refractivity contribution in [3.63, 3.8) is 0 Å². The average Bonchev–Trinajstić information content (AvgIpc) is 3.04. The fourth-order valence-corrected chi connectivity index (χ4v) is 3.67. The topological polar surface area (TPSA) is 83.6 Å². The molecule has 3 aromatic rings. The van der Waals surface area contributed by atoms with Crippen LogP contribution in [0.15, 0.2) is 30.3 Å². The first-order valence-corrected chi connectivity index (χ1v) is 9.94. The van der Waals surface area contributed by atoms with Crippen molar-refractivity contribution in [1.29, 1.82) is 0 Å². The quantitative estimate of drug-likeness (QED) is 0.423. The highest BCUT2D eigenvalue weighted by atomic mass is 19.1. The number of benzene rings is 2. The minimum atomic E-state index is -1.39. The molecule has 1 heterocycles. The number of aryl methyl sites for hydroxylation is 1. The molecule has 0 bridgehead atoms. The molecular formula is C23H26F2N2O4. The molecule has 0 saturated carbocycles. The van der Waals surface area contributed by atoms with Gasteiger partial charge in [0.05, 0.1) is 36.1 Å². The predicted molar refractivity (Wildman–Crippen MR) is 115 cm³/mol. The standard InChI is InChI=1S/C23H26F2N2O4/c1-13-4-5-16-17(11-15(12-26-2)31-7-6-30-3)22(27-20(16)8-13)21-18(24)9-14(23(28)29)10-19(21)25/h4-5,8-10,15,26-27H,6-7,11-12H2,1-3H3,(H,28,29). The first kappa shape index (κ1) is 22.9. The number of carbonyl (C=O) groups is 1. The van der Waals surface area contributed by atoms with Crippen LogP contribution in [-0.2, 0) is 15.9 Å². The highest BCUT2D eigenvalue weighted by Crippen LogP contribution is 2.35. The van der Waals surface area contributed by atoms with E-state index >= 15 is 0 Å². The van der Waals surface area contributed by atoms with Crippen LogP contribution in [0.25, 0.3) is 22.2 Å². The van der Waals surface area contributed by atoms with Crippen molar-refractivity contribution in [2.24, 2.45) is 0 Å². The maximum absolute atomic E-state index is 14.9. The number of aromatic carboxylic acids is 1. The minimum Gasteiger partial charge on any atom is -0.478 e. The molecule has 0 amide bonds. The van der Waals surface area contributed by atoms with Crippen molar-refractivity contribution < 1.29 is 28.2 Å². The van der Waals surface area contributed by atoms with Crippen LogP contribution in [0.5, 0.6) is 0 Å². The van der Waals surface area contributed by atoms with Gasteiger partial charge in [0.25, 0.3) is 0 Å². The molecular weight excluding hydrogens is 406 g/mol. The molecule has 3 N–H and O–H groups in total. The molecule has 3 rings (SSSR count). The molecule has 0 aliphatic rings. The van der Waals surface area contributed by atoms with Crippen LogP contribution in [0.1, 0.15) is 21.5 Å². The number of rotatable bonds is 10. The lowest BCUT2D eigenvalue weighted by Crippen LogP contribution is -2.30. The van der Waals surface area contributed by atoms with Crippen LogP contribution in [0, 0.1) is 18.6 Å². The normalized spacial score (nSPS) is 12.4. The molecule has 2 aromatic carbocycles. The third-order valence-corrected chi connectivity index (χ3v) is 5.11. The lowest BCUT2D eigenvalue weighted by atomic mass is 9.98. The molecule has 1 atom stereocenters. The Bertz CT molecular complexity index is 1060. The van der Waals surface area contributed by atoms with E-state index in [1.165, 1.54) is 0 Å². The SMILES string of the molecule is CNCC(Cc1c(-c2c(F)cc(C(=O)O)cc2F)[nH]c2cc(C)ccc12)OCCOC. The molecule has 8 heteroatoms. The smallest absolute Gasteiger partial charge is 0.335 e. The number of aromatic nitrogens is 1. The Labute approximate surface area is 179 Å². The predicted octanol–water partition coefficient (Wildman–Crippen LogP) is 3.91. The number of ether oxygens (including phenoxy) is 2. The molecule has 6 nitrogen and oxygen atoms in total. The summed E-state index contributed by atoms with van der Waals surface area (Å²) in [7, 11) is 3.39. The molecule has 166 valence electrons. The Balaban J connectivity index is 2.13. The monoisotopic (exact) mass is 432 g/mol. The summed E-state index contributed by atoms with van der Waals surface area (Å²) in [6.07, 6.45) is 0.131. The molecule has 0 aliphatic carbocycles. The lowest BCUT2D eigenvalue weighted by molar-refractivity contribution is 0.0190. The van der Waals surface area contributed by atoms with Crippen LogP contribution in [0.2, 0.25) is 0 Å². The summed E-state index contributed by atoms with van der Waals surface area (Å²) in [5.41, 5.74) is 2.00. The average molecular weight is 432 g/mol. The van der Waals surface area contributed by atoms with Crippen molar-refractivity contribution in [2.45, 2.75) is 19.4 Å². The van der Waals surface area contributed by atoms with Crippen LogP contribution >= 0.6 is 0 Å². The summed E-state index contributed by atoms with van der Waals surface area (Å²) in [5.74, 6) is -3.27. The summed E-state index contributed by atoms with van der Waals surface area (Å²) >= 11 is 0. The Kier molecular flexibility index (Phi) is 7.37. The van der Waals surface area contributed by atoms with E-state index < -0.39 is 23.2 Å². The van der Waals surface area contributed by atoms with E-state index in [2.05, 4.69) is 10.3 Å². The van der Waals surface area contributed by atoms with Crippen molar-refractivity contribution in [2.75, 3.05) is 33.9 Å². The van der Waals surface area contributed by atoms with E-state index in [1.807, 2.05) is 25.1 Å². The van der Waals surface area contributed by atoms with Gasteiger partial charge in [-0.2, -0.15) is 0 Å². The number of halogens is 2. The van der Waals surface area contributed by atoms with Crippen molar-refractivity contribution in [1.82, 2.24) is 10.3 Å². The Hall–Kier alpha value is -2.81. The maximum atomic E-state index is 14.9. The van der Waals surface area contributed by atoms with Gasteiger partial charge in [0.1, 0.15) is 11.6 Å². The van der Waals surface area contributed by atoms with E-state index in [1.54, 1.807) is 14.2 Å². The number of carboxylic acids is 1. The number of carboxylic acid groups (broad SMARTS) is 1. The van der Waals surface area contributed by atoms with Gasteiger partial charge in [-0.3, -0.25) is 0 Å². The van der Waals surface area contributed by atoms with Gasteiger partial charge in [-0.1, -0.05) is 12.1 Å². The first-order valence-electron chi connectivity index (χ1n) is 9.94. The van der Waals surface area contributed by atoms with Crippen molar-refractivity contribution in [3.8, 4) is 11.3 Å². The molecule has 1 aromatic heterocycles. The molecule has 1 unspecified atom stereocenters. The number of hydrogen-bond acceptors (Lipinski definition) is 4. The van der Waals surface area contributed by atoms with Crippen molar-refractivity contribution in [3.05, 3.63) is 58.7 Å². The molecule has 0 saturated heterocycles. The first-order chi connectivity index (χ1) is 14.8. The second kappa shape index (κ2) is 10.00. The molecule has 0 radical (unpaired) electrons. The number of likely N-dealkylation sites (N-methyl/N-ethyl adjacent to an activating group) is 1. The number of methoxy groups -OCH3 is 1. The number of aromatic amines is 1. The number of fused-ring (bicyclic) bond motifs is 1. The fourth-order valence-electron chi connectivity index (χ4n) is 3.67. The van der Waals surface area contributed by atoms with Gasteiger partial charge in [0.15, 0.2) is 0 Å². The summed E-state index contributed by atoms with van der Waals surface area (Å²) in [6.45, 7) is 3.28. The van der Waals surface area contributed by atoms with E-state index in [9.17, 15) is 13.6 Å². The molecule has 0 aliphatic heterocycles. The van der Waals surface area contributed by atoms with Crippen molar-refractivity contribution >= 4 is 16.9 Å². The summed E-state index contributed by atoms with van der Waals surface area (Å²) in [5, 5.41) is 13.0. The van der Waals surface area contributed by atoms with Gasteiger partial charge in [0.2, 0.25) is 0 Å². The van der Waals surface area contributed by atoms with E-state index in [-0.39, 0.29) is 17.4 Å². The zero-order valence-corrected chi connectivity index (χ0v) is 17.7.